The van der Waals surface area contributed by atoms with Gasteiger partial charge in [0, 0.05) is 11.8 Å². The normalized spacial score (nSPS) is 15.1. The lowest BCUT2D eigenvalue weighted by Gasteiger charge is -2.34. The van der Waals surface area contributed by atoms with Crippen molar-refractivity contribution in [2.45, 2.75) is 73.0 Å². The van der Waals surface area contributed by atoms with Crippen molar-refractivity contribution in [2.24, 2.45) is 10.8 Å². The largest absolute Gasteiger partial charge is 0.469 e. The van der Waals surface area contributed by atoms with Gasteiger partial charge in [0.15, 0.2) is 0 Å². The molecule has 0 rings (SSSR count). The predicted octanol–water partition coefficient (Wildman–Crippen LogP) is 4.43. The molecule has 0 aromatic carbocycles. The topological polar surface area (TPSA) is 26.3 Å². The van der Waals surface area contributed by atoms with Crippen LogP contribution in [-0.2, 0) is 20.4 Å². The Morgan fingerprint density at radius 2 is 1.45 bits per heavy atom. The lowest BCUT2D eigenvalue weighted by molar-refractivity contribution is -0.140. The van der Waals surface area contributed by atoms with Crippen LogP contribution in [0.5, 0.6) is 0 Å². The summed E-state index contributed by atoms with van der Waals surface area (Å²) in [5, 5.41) is 0. The van der Waals surface area contributed by atoms with E-state index in [2.05, 4.69) is 55.4 Å². The van der Waals surface area contributed by atoms with Crippen molar-refractivity contribution in [3.8, 4) is 0 Å². The molecule has 1 atom stereocenters. The number of carbonyl (C=O) groups is 1. The van der Waals surface area contributed by atoms with Crippen LogP contribution >= 0.6 is 0 Å². The van der Waals surface area contributed by atoms with E-state index in [9.17, 15) is 4.79 Å². The van der Waals surface area contributed by atoms with E-state index in [1.807, 2.05) is 0 Å². The number of carbonyl (C=O) groups excluding carboxylic acids is 1. The third-order valence-corrected chi connectivity index (χ3v) is 6.74. The molecule has 0 aliphatic carbocycles. The Morgan fingerprint density at radius 3 is 1.80 bits per heavy atom. The van der Waals surface area contributed by atoms with Gasteiger partial charge in [0.05, 0.1) is 13.5 Å². The second-order valence-electron chi connectivity index (χ2n) is 8.73. The second kappa shape index (κ2) is 7.20. The van der Waals surface area contributed by atoms with Crippen molar-refractivity contribution in [3.63, 3.8) is 0 Å². The first-order valence-corrected chi connectivity index (χ1v) is 9.08. The monoisotopic (exact) mass is 303 g/mol. The molecule has 3 heteroatoms. The quantitative estimate of drug-likeness (QED) is 0.536. The Balaban J connectivity index is 4.94. The van der Waals surface area contributed by atoms with Crippen LogP contribution < -0.4 is 0 Å². The van der Waals surface area contributed by atoms with E-state index in [4.69, 9.17) is 4.74 Å². The first kappa shape index (κ1) is 19.8. The maximum atomic E-state index is 11.5. The zero-order valence-electron chi connectivity index (χ0n) is 15.1. The average molecular weight is 304 g/mol. The molecule has 0 aliphatic rings. The molecule has 0 saturated heterocycles. The maximum Gasteiger partial charge on any atom is 0.310 e. The average Bonchev–Trinajstić information content (AvgIpc) is 2.18. The van der Waals surface area contributed by atoms with Crippen LogP contribution in [-0.4, -0.2) is 29.3 Å². The summed E-state index contributed by atoms with van der Waals surface area (Å²) >= 11 is 0. The van der Waals surface area contributed by atoms with Crippen molar-refractivity contribution in [3.05, 3.63) is 0 Å². The van der Waals surface area contributed by atoms with Crippen LogP contribution in [0.2, 0.25) is 0 Å². The number of ether oxygens (including phenoxy) is 1. The Bertz CT molecular complexity index is 308. The molecule has 0 aliphatic heterocycles. The van der Waals surface area contributed by atoms with Gasteiger partial charge < -0.3 is 4.74 Å². The van der Waals surface area contributed by atoms with Gasteiger partial charge in [-0.3, -0.25) is 4.79 Å². The summed E-state index contributed by atoms with van der Waals surface area (Å²) in [6.45, 7) is 18.5. The number of hydrogen-bond donors (Lipinski definition) is 0. The van der Waals surface area contributed by atoms with E-state index in [-0.39, 0.29) is 21.6 Å². The highest BCUT2D eigenvalue weighted by Gasteiger charge is 2.43. The summed E-state index contributed by atoms with van der Waals surface area (Å²) in [5.74, 6) is 2.04. The van der Waals surface area contributed by atoms with E-state index >= 15 is 0 Å². The van der Waals surface area contributed by atoms with Gasteiger partial charge in [-0.2, -0.15) is 0 Å². The maximum absolute atomic E-state index is 11.5. The minimum absolute atomic E-state index is 0.0806. The van der Waals surface area contributed by atoms with E-state index in [1.54, 1.807) is 0 Å². The van der Waals surface area contributed by atoms with Gasteiger partial charge in [0.2, 0.25) is 0 Å². The van der Waals surface area contributed by atoms with Crippen LogP contribution in [0, 0.1) is 10.8 Å². The first-order valence-electron chi connectivity index (χ1n) is 7.51. The molecule has 0 aromatic rings. The highest BCUT2D eigenvalue weighted by Crippen LogP contribution is 2.37. The summed E-state index contributed by atoms with van der Waals surface area (Å²) in [5.41, 5.74) is 0.617. The third kappa shape index (κ3) is 8.89. The lowest BCUT2D eigenvalue weighted by atomic mass is 9.86. The summed E-state index contributed by atoms with van der Waals surface area (Å²) in [6, 6.07) is 0. The molecule has 0 spiro atoms. The van der Waals surface area contributed by atoms with Crippen LogP contribution in [0.4, 0.5) is 0 Å². The molecular weight excluding hydrogens is 268 g/mol. The minimum atomic E-state index is -0.0806. The van der Waals surface area contributed by atoms with Gasteiger partial charge in [-0.25, -0.2) is 0 Å². The van der Waals surface area contributed by atoms with Crippen molar-refractivity contribution < 1.29 is 9.53 Å². The fraction of sp³-hybridized carbons (Fsp3) is 0.941. The Morgan fingerprint density at radius 1 is 0.950 bits per heavy atom. The van der Waals surface area contributed by atoms with Crippen LogP contribution in [0.3, 0.4) is 0 Å². The van der Waals surface area contributed by atoms with Gasteiger partial charge in [-0.15, -0.1) is 0 Å². The van der Waals surface area contributed by atoms with Gasteiger partial charge in [-0.1, -0.05) is 41.5 Å². The highest BCUT2D eigenvalue weighted by atomic mass is 32.2. The molecular formula is C17H35O2S+. The number of rotatable bonds is 6. The first-order chi connectivity index (χ1) is 8.77. The third-order valence-electron chi connectivity index (χ3n) is 3.13. The number of hydrogen-bond acceptors (Lipinski definition) is 2. The van der Waals surface area contributed by atoms with Gasteiger partial charge in [0.25, 0.3) is 0 Å². The summed E-state index contributed by atoms with van der Waals surface area (Å²) in [6.07, 6.45) is 1.73. The molecule has 20 heavy (non-hydrogen) atoms. The molecule has 0 heterocycles. The van der Waals surface area contributed by atoms with E-state index in [0.29, 0.717) is 17.3 Å². The van der Waals surface area contributed by atoms with Gasteiger partial charge in [-0.05, 0) is 30.2 Å². The SMILES string of the molecule is COC(=O)CC[S+](CC(C)(C)C)C(C)(C)CC(C)(C)C. The van der Waals surface area contributed by atoms with E-state index in [1.165, 1.54) is 19.3 Å². The lowest BCUT2D eigenvalue weighted by Crippen LogP contribution is -2.43. The summed E-state index contributed by atoms with van der Waals surface area (Å²) < 4.78 is 5.07. The van der Waals surface area contributed by atoms with E-state index < -0.39 is 0 Å². The Kier molecular flexibility index (Phi) is 7.13. The smallest absolute Gasteiger partial charge is 0.310 e. The fourth-order valence-electron chi connectivity index (χ4n) is 2.75. The molecule has 0 bridgehead atoms. The Labute approximate surface area is 129 Å². The van der Waals surface area contributed by atoms with Crippen molar-refractivity contribution in [1.29, 1.82) is 0 Å². The molecule has 0 amide bonds. The molecule has 0 fully saturated rings. The fourth-order valence-corrected chi connectivity index (χ4v) is 5.94. The molecule has 1 unspecified atom stereocenters. The van der Waals surface area contributed by atoms with Crippen molar-refractivity contribution in [1.82, 2.24) is 0 Å². The zero-order valence-corrected chi connectivity index (χ0v) is 15.9. The summed E-state index contributed by atoms with van der Waals surface area (Å²) in [7, 11) is 1.70. The van der Waals surface area contributed by atoms with Crippen LogP contribution in [0.15, 0.2) is 0 Å². The summed E-state index contributed by atoms with van der Waals surface area (Å²) in [4.78, 5) is 11.5. The van der Waals surface area contributed by atoms with Crippen LogP contribution in [0.25, 0.3) is 0 Å². The molecule has 2 nitrogen and oxygen atoms in total. The molecule has 0 saturated carbocycles. The minimum Gasteiger partial charge on any atom is -0.469 e. The number of esters is 1. The highest BCUT2D eigenvalue weighted by molar-refractivity contribution is 7.98. The molecule has 0 aromatic heterocycles. The molecule has 0 radical (unpaired) electrons. The number of methoxy groups -OCH3 is 1. The van der Waals surface area contributed by atoms with Crippen molar-refractivity contribution in [2.75, 3.05) is 18.6 Å². The Hall–Kier alpha value is -0.180. The predicted molar refractivity (Wildman–Crippen MR) is 91.3 cm³/mol. The van der Waals surface area contributed by atoms with E-state index in [0.717, 1.165) is 5.75 Å². The standard InChI is InChI=1S/C17H35O2S/c1-15(2,3)12-17(7,8)20(13-16(4,5)6)11-10-14(18)19-9/h10-13H2,1-9H3/q+1. The van der Waals surface area contributed by atoms with Crippen molar-refractivity contribution >= 4 is 16.9 Å². The second-order valence-corrected chi connectivity index (χ2v) is 11.5. The van der Waals surface area contributed by atoms with Gasteiger partial charge in [0.1, 0.15) is 16.3 Å². The molecule has 120 valence electrons. The molecule has 0 N–H and O–H groups in total. The van der Waals surface area contributed by atoms with Crippen LogP contribution in [0.1, 0.15) is 68.2 Å². The van der Waals surface area contributed by atoms with Gasteiger partial charge >= 0.3 is 5.97 Å². The zero-order chi connectivity index (χ0) is 16.2.